The van der Waals surface area contributed by atoms with Crippen molar-refractivity contribution in [3.63, 3.8) is 0 Å². The first-order chi connectivity index (χ1) is 7.47. The maximum Gasteiger partial charge on any atom is 0.236 e. The molecular formula is C12H20N2OS. The molecule has 1 aromatic rings. The lowest BCUT2D eigenvalue weighted by Crippen LogP contribution is -2.45. The summed E-state index contributed by atoms with van der Waals surface area (Å²) >= 11 is 1.76. The average molecular weight is 240 g/mol. The van der Waals surface area contributed by atoms with E-state index in [0.717, 1.165) is 6.54 Å². The van der Waals surface area contributed by atoms with Crippen molar-refractivity contribution in [2.45, 2.75) is 32.2 Å². The predicted octanol–water partition coefficient (Wildman–Crippen LogP) is 1.75. The molecule has 0 aliphatic carbocycles. The molecule has 0 bridgehead atoms. The van der Waals surface area contributed by atoms with Crippen molar-refractivity contribution < 1.29 is 4.79 Å². The fraction of sp³-hybridized carbons (Fsp3) is 0.583. The minimum absolute atomic E-state index is 0.0296. The van der Waals surface area contributed by atoms with E-state index in [1.165, 1.54) is 4.88 Å². The first-order valence-corrected chi connectivity index (χ1v) is 6.34. The van der Waals surface area contributed by atoms with Gasteiger partial charge >= 0.3 is 0 Å². The topological polar surface area (TPSA) is 41.1 Å². The molecule has 0 aliphatic heterocycles. The van der Waals surface area contributed by atoms with Crippen LogP contribution in [0.15, 0.2) is 17.5 Å². The molecule has 1 atom stereocenters. The van der Waals surface area contributed by atoms with Crippen LogP contribution in [0.25, 0.3) is 0 Å². The van der Waals surface area contributed by atoms with Crippen LogP contribution in [0.1, 0.15) is 25.6 Å². The summed E-state index contributed by atoms with van der Waals surface area (Å²) in [6, 6.07) is 4.05. The van der Waals surface area contributed by atoms with Crippen molar-refractivity contribution in [1.29, 1.82) is 0 Å². The largest absolute Gasteiger partial charge is 0.358 e. The molecular weight excluding hydrogens is 220 g/mol. The van der Waals surface area contributed by atoms with Gasteiger partial charge in [0, 0.05) is 23.9 Å². The third kappa shape index (κ3) is 3.32. The molecule has 0 aromatic carbocycles. The predicted molar refractivity (Wildman–Crippen MR) is 68.9 cm³/mol. The Hall–Kier alpha value is -0.870. The molecule has 0 aliphatic rings. The molecule has 4 heteroatoms. The molecule has 2 N–H and O–H groups in total. The molecule has 90 valence electrons. The molecule has 0 radical (unpaired) electrons. The Kier molecular flexibility index (Phi) is 4.50. The zero-order chi connectivity index (χ0) is 12.2. The van der Waals surface area contributed by atoms with Crippen LogP contribution >= 0.6 is 11.3 Å². The van der Waals surface area contributed by atoms with Gasteiger partial charge in [0.05, 0.1) is 6.04 Å². The first kappa shape index (κ1) is 13.2. The van der Waals surface area contributed by atoms with Gasteiger partial charge in [-0.05, 0) is 18.4 Å². The highest BCUT2D eigenvalue weighted by Gasteiger charge is 2.23. The lowest BCUT2D eigenvalue weighted by molar-refractivity contribution is -0.122. The minimum Gasteiger partial charge on any atom is -0.358 e. The number of likely N-dealkylation sites (N-methyl/N-ethyl adjacent to an activating group) is 1. The monoisotopic (exact) mass is 240 g/mol. The highest BCUT2D eigenvalue weighted by atomic mass is 32.1. The van der Waals surface area contributed by atoms with Gasteiger partial charge < -0.3 is 10.6 Å². The van der Waals surface area contributed by atoms with E-state index in [1.807, 2.05) is 6.92 Å². The Morgan fingerprint density at radius 1 is 1.56 bits per heavy atom. The Balaban J connectivity index is 2.51. The molecule has 3 nitrogen and oxygen atoms in total. The van der Waals surface area contributed by atoms with Crippen molar-refractivity contribution >= 4 is 17.2 Å². The number of hydrogen-bond acceptors (Lipinski definition) is 3. The van der Waals surface area contributed by atoms with Crippen LogP contribution in [0.5, 0.6) is 0 Å². The van der Waals surface area contributed by atoms with Crippen molar-refractivity contribution in [2.24, 2.45) is 0 Å². The van der Waals surface area contributed by atoms with Gasteiger partial charge in [0.15, 0.2) is 0 Å². The van der Waals surface area contributed by atoms with Gasteiger partial charge in [0.2, 0.25) is 5.91 Å². The molecule has 1 unspecified atom stereocenters. The van der Waals surface area contributed by atoms with E-state index in [1.54, 1.807) is 18.4 Å². The average Bonchev–Trinajstić information content (AvgIpc) is 2.78. The third-order valence-electron chi connectivity index (χ3n) is 2.68. The standard InChI is InChI=1S/C12H20N2OS/c1-9(11(15)13-4)14-8-12(2,3)10-6-5-7-16-10/h5-7,9,14H,8H2,1-4H3,(H,13,15). The summed E-state index contributed by atoms with van der Waals surface area (Å²) in [6.07, 6.45) is 0. The lowest BCUT2D eigenvalue weighted by atomic mass is 9.91. The third-order valence-corrected chi connectivity index (χ3v) is 3.91. The number of amides is 1. The summed E-state index contributed by atoms with van der Waals surface area (Å²) in [6.45, 7) is 7.04. The first-order valence-electron chi connectivity index (χ1n) is 5.46. The highest BCUT2D eigenvalue weighted by molar-refractivity contribution is 7.10. The molecule has 1 heterocycles. The lowest BCUT2D eigenvalue weighted by Gasteiger charge is -2.25. The smallest absolute Gasteiger partial charge is 0.236 e. The number of nitrogens with one attached hydrogen (secondary N) is 2. The maximum absolute atomic E-state index is 11.3. The van der Waals surface area contributed by atoms with E-state index >= 15 is 0 Å². The second-order valence-corrected chi connectivity index (χ2v) is 5.53. The fourth-order valence-corrected chi connectivity index (χ4v) is 2.32. The van der Waals surface area contributed by atoms with E-state index in [2.05, 4.69) is 42.0 Å². The van der Waals surface area contributed by atoms with E-state index in [0.29, 0.717) is 0 Å². The second kappa shape index (κ2) is 5.46. The summed E-state index contributed by atoms with van der Waals surface area (Å²) in [4.78, 5) is 12.7. The van der Waals surface area contributed by atoms with Crippen molar-refractivity contribution in [2.75, 3.05) is 13.6 Å². The van der Waals surface area contributed by atoms with Crippen LogP contribution < -0.4 is 10.6 Å². The zero-order valence-electron chi connectivity index (χ0n) is 10.3. The Labute approximate surface area is 101 Å². The molecule has 1 rings (SSSR count). The van der Waals surface area contributed by atoms with Crippen LogP contribution in [0.4, 0.5) is 0 Å². The Morgan fingerprint density at radius 2 is 2.25 bits per heavy atom. The molecule has 0 fully saturated rings. The quantitative estimate of drug-likeness (QED) is 0.823. The van der Waals surface area contributed by atoms with Crippen LogP contribution in [0, 0.1) is 0 Å². The molecule has 0 saturated carbocycles. The van der Waals surface area contributed by atoms with Crippen LogP contribution in [0.3, 0.4) is 0 Å². The molecule has 1 amide bonds. The fourth-order valence-electron chi connectivity index (χ4n) is 1.47. The van der Waals surface area contributed by atoms with Gasteiger partial charge in [-0.2, -0.15) is 0 Å². The van der Waals surface area contributed by atoms with Crippen LogP contribution in [-0.4, -0.2) is 25.5 Å². The van der Waals surface area contributed by atoms with Crippen molar-refractivity contribution in [3.8, 4) is 0 Å². The molecule has 16 heavy (non-hydrogen) atoms. The Bertz CT molecular complexity index is 333. The number of carbonyl (C=O) groups is 1. The Morgan fingerprint density at radius 3 is 2.75 bits per heavy atom. The van der Waals surface area contributed by atoms with Crippen molar-refractivity contribution in [1.82, 2.24) is 10.6 Å². The summed E-state index contributed by atoms with van der Waals surface area (Å²) in [5, 5.41) is 7.98. The van der Waals surface area contributed by atoms with Crippen LogP contribution in [0.2, 0.25) is 0 Å². The van der Waals surface area contributed by atoms with Gasteiger partial charge in [-0.25, -0.2) is 0 Å². The molecule has 0 spiro atoms. The van der Waals surface area contributed by atoms with Crippen LogP contribution in [-0.2, 0) is 10.2 Å². The van der Waals surface area contributed by atoms with E-state index in [9.17, 15) is 4.79 Å². The maximum atomic E-state index is 11.3. The molecule has 1 aromatic heterocycles. The summed E-state index contributed by atoms with van der Waals surface area (Å²) in [5.74, 6) is 0.0296. The highest BCUT2D eigenvalue weighted by Crippen LogP contribution is 2.26. The number of hydrogen-bond donors (Lipinski definition) is 2. The summed E-state index contributed by atoms with van der Waals surface area (Å²) in [7, 11) is 1.66. The van der Waals surface area contributed by atoms with Gasteiger partial charge in [-0.3, -0.25) is 4.79 Å². The van der Waals surface area contributed by atoms with Gasteiger partial charge in [0.1, 0.15) is 0 Å². The van der Waals surface area contributed by atoms with Gasteiger partial charge in [-0.15, -0.1) is 11.3 Å². The summed E-state index contributed by atoms with van der Waals surface area (Å²) < 4.78 is 0. The van der Waals surface area contributed by atoms with Gasteiger partial charge in [0.25, 0.3) is 0 Å². The normalized spacial score (nSPS) is 13.5. The minimum atomic E-state index is -0.149. The second-order valence-electron chi connectivity index (χ2n) is 4.58. The van der Waals surface area contributed by atoms with Crippen molar-refractivity contribution in [3.05, 3.63) is 22.4 Å². The zero-order valence-corrected chi connectivity index (χ0v) is 11.1. The molecule has 0 saturated heterocycles. The van der Waals surface area contributed by atoms with E-state index in [4.69, 9.17) is 0 Å². The van der Waals surface area contributed by atoms with Gasteiger partial charge in [-0.1, -0.05) is 19.9 Å². The summed E-state index contributed by atoms with van der Waals surface area (Å²) in [5.41, 5.74) is 0.0659. The van der Waals surface area contributed by atoms with E-state index < -0.39 is 0 Å². The van der Waals surface area contributed by atoms with E-state index in [-0.39, 0.29) is 17.4 Å². The number of carbonyl (C=O) groups excluding carboxylic acids is 1. The SMILES string of the molecule is CNC(=O)C(C)NCC(C)(C)c1cccs1. The number of thiophene rings is 1. The number of rotatable bonds is 5.